The molecule has 0 unspecified atom stereocenters. The molecule has 1 amide bonds. The zero-order valence-corrected chi connectivity index (χ0v) is 13.2. The second-order valence-electron chi connectivity index (χ2n) is 4.28. The van der Waals surface area contributed by atoms with Gasteiger partial charge in [-0.05, 0) is 53.2 Å². The number of aromatic nitrogens is 1. The third kappa shape index (κ3) is 3.58. The molecule has 0 fully saturated rings. The van der Waals surface area contributed by atoms with Gasteiger partial charge in [-0.2, -0.15) is 0 Å². The Labute approximate surface area is 130 Å². The van der Waals surface area contributed by atoms with Crippen molar-refractivity contribution in [1.82, 2.24) is 4.98 Å². The molecule has 0 spiro atoms. The summed E-state index contributed by atoms with van der Waals surface area (Å²) < 4.78 is 19.5. The molecule has 0 saturated heterocycles. The topological polar surface area (TPSA) is 42.4 Å². The van der Waals surface area contributed by atoms with E-state index >= 15 is 0 Å². The Hall–Kier alpha value is -1.95. The van der Waals surface area contributed by atoms with E-state index in [9.17, 15) is 9.18 Å². The van der Waals surface area contributed by atoms with Crippen LogP contribution in [-0.2, 0) is 0 Å². The maximum Gasteiger partial charge on any atom is 0.261 e. The molecule has 4 nitrogen and oxygen atoms in total. The number of carbonyl (C=O) groups excluding carboxylic acids is 1. The molecule has 0 aliphatic heterocycles. The summed E-state index contributed by atoms with van der Waals surface area (Å²) in [5.74, 6) is -0.374. The first-order valence-electron chi connectivity index (χ1n) is 6.35. The zero-order valence-electron chi connectivity index (χ0n) is 11.6. The highest BCUT2D eigenvalue weighted by molar-refractivity contribution is 9.10. The molecular formula is C15H14BrFN2O2. The van der Waals surface area contributed by atoms with Gasteiger partial charge in [-0.3, -0.25) is 4.79 Å². The van der Waals surface area contributed by atoms with Crippen molar-refractivity contribution in [2.75, 3.05) is 18.6 Å². The van der Waals surface area contributed by atoms with Crippen molar-refractivity contribution in [3.05, 3.63) is 52.5 Å². The molecule has 0 aliphatic carbocycles. The first-order valence-corrected chi connectivity index (χ1v) is 7.14. The van der Waals surface area contributed by atoms with E-state index in [1.807, 2.05) is 6.92 Å². The lowest BCUT2D eigenvalue weighted by Crippen LogP contribution is -2.27. The van der Waals surface area contributed by atoms with Gasteiger partial charge in [0, 0.05) is 12.7 Å². The number of halogens is 2. The van der Waals surface area contributed by atoms with E-state index in [1.165, 1.54) is 11.0 Å². The highest BCUT2D eigenvalue weighted by atomic mass is 79.9. The van der Waals surface area contributed by atoms with Gasteiger partial charge in [0.2, 0.25) is 0 Å². The van der Waals surface area contributed by atoms with Crippen LogP contribution in [0.25, 0.3) is 0 Å². The predicted molar refractivity (Wildman–Crippen MR) is 82.2 cm³/mol. The molecule has 1 heterocycles. The standard InChI is InChI=1S/C15H14BrFN2O2/c1-3-21-11-6-4-10(5-7-11)19(2)15(20)12-8-14(16)18-9-13(12)17/h4-9H,3H2,1-2H3. The summed E-state index contributed by atoms with van der Waals surface area (Å²) in [7, 11) is 1.59. The van der Waals surface area contributed by atoms with E-state index in [2.05, 4.69) is 20.9 Å². The Bertz CT molecular complexity index is 647. The Morgan fingerprint density at radius 1 is 1.38 bits per heavy atom. The largest absolute Gasteiger partial charge is 0.494 e. The maximum absolute atomic E-state index is 13.7. The van der Waals surface area contributed by atoms with Crippen LogP contribution in [0.15, 0.2) is 41.1 Å². The first kappa shape index (κ1) is 15.4. The summed E-state index contributed by atoms with van der Waals surface area (Å²) in [6.07, 6.45) is 1.02. The summed E-state index contributed by atoms with van der Waals surface area (Å²) in [6, 6.07) is 8.39. The number of pyridine rings is 1. The van der Waals surface area contributed by atoms with E-state index in [-0.39, 0.29) is 5.56 Å². The van der Waals surface area contributed by atoms with Gasteiger partial charge in [-0.1, -0.05) is 0 Å². The molecule has 2 aromatic rings. The van der Waals surface area contributed by atoms with Crippen molar-refractivity contribution in [2.45, 2.75) is 6.92 Å². The van der Waals surface area contributed by atoms with Gasteiger partial charge in [-0.25, -0.2) is 9.37 Å². The number of carbonyl (C=O) groups is 1. The minimum Gasteiger partial charge on any atom is -0.494 e. The Kier molecular flexibility index (Phi) is 4.90. The van der Waals surface area contributed by atoms with Crippen molar-refractivity contribution < 1.29 is 13.9 Å². The van der Waals surface area contributed by atoms with Crippen molar-refractivity contribution >= 4 is 27.5 Å². The SMILES string of the molecule is CCOc1ccc(N(C)C(=O)c2cc(Br)ncc2F)cc1. The third-order valence-electron chi connectivity index (χ3n) is 2.89. The number of amides is 1. The van der Waals surface area contributed by atoms with Gasteiger partial charge in [-0.15, -0.1) is 0 Å². The predicted octanol–water partition coefficient (Wildman–Crippen LogP) is 3.66. The van der Waals surface area contributed by atoms with Crippen LogP contribution in [0.3, 0.4) is 0 Å². The van der Waals surface area contributed by atoms with Crippen molar-refractivity contribution in [1.29, 1.82) is 0 Å². The van der Waals surface area contributed by atoms with Crippen LogP contribution in [0, 0.1) is 5.82 Å². The van der Waals surface area contributed by atoms with Crippen molar-refractivity contribution in [3.8, 4) is 5.75 Å². The summed E-state index contributed by atoms with van der Waals surface area (Å²) >= 11 is 3.13. The number of anilines is 1. The molecule has 1 aromatic carbocycles. The zero-order chi connectivity index (χ0) is 15.4. The monoisotopic (exact) mass is 352 g/mol. The second-order valence-corrected chi connectivity index (χ2v) is 5.09. The van der Waals surface area contributed by atoms with E-state index in [4.69, 9.17) is 4.74 Å². The van der Waals surface area contributed by atoms with E-state index in [1.54, 1.807) is 31.3 Å². The Morgan fingerprint density at radius 2 is 2.05 bits per heavy atom. The number of ether oxygens (including phenoxy) is 1. The molecule has 0 radical (unpaired) electrons. The summed E-state index contributed by atoms with van der Waals surface area (Å²) in [5, 5.41) is 0. The van der Waals surface area contributed by atoms with Gasteiger partial charge in [0.25, 0.3) is 5.91 Å². The van der Waals surface area contributed by atoms with E-state index < -0.39 is 11.7 Å². The lowest BCUT2D eigenvalue weighted by atomic mass is 10.2. The van der Waals surface area contributed by atoms with Crippen LogP contribution in [-0.4, -0.2) is 24.5 Å². The smallest absolute Gasteiger partial charge is 0.261 e. The molecule has 0 bridgehead atoms. The molecular weight excluding hydrogens is 339 g/mol. The van der Waals surface area contributed by atoms with E-state index in [0.717, 1.165) is 11.9 Å². The molecule has 21 heavy (non-hydrogen) atoms. The van der Waals surface area contributed by atoms with Gasteiger partial charge < -0.3 is 9.64 Å². The third-order valence-corrected chi connectivity index (χ3v) is 3.33. The van der Waals surface area contributed by atoms with Gasteiger partial charge in [0.1, 0.15) is 10.4 Å². The van der Waals surface area contributed by atoms with Crippen molar-refractivity contribution in [2.24, 2.45) is 0 Å². The van der Waals surface area contributed by atoms with Crippen LogP contribution in [0.5, 0.6) is 5.75 Å². The first-order chi connectivity index (χ1) is 10.0. The highest BCUT2D eigenvalue weighted by Crippen LogP contribution is 2.21. The van der Waals surface area contributed by atoms with E-state index in [0.29, 0.717) is 16.9 Å². The fourth-order valence-electron chi connectivity index (χ4n) is 1.81. The maximum atomic E-state index is 13.7. The lowest BCUT2D eigenvalue weighted by Gasteiger charge is -2.18. The number of hydrogen-bond acceptors (Lipinski definition) is 3. The molecule has 6 heteroatoms. The molecule has 0 N–H and O–H groups in total. The van der Waals surface area contributed by atoms with Gasteiger partial charge in [0.05, 0.1) is 18.4 Å². The van der Waals surface area contributed by atoms with Crippen LogP contribution >= 0.6 is 15.9 Å². The number of hydrogen-bond donors (Lipinski definition) is 0. The molecule has 1 aromatic heterocycles. The number of benzene rings is 1. The van der Waals surface area contributed by atoms with Gasteiger partial charge in [0.15, 0.2) is 5.82 Å². The minimum absolute atomic E-state index is 0.0340. The van der Waals surface area contributed by atoms with Crippen LogP contribution < -0.4 is 9.64 Å². The van der Waals surface area contributed by atoms with Crippen molar-refractivity contribution in [3.63, 3.8) is 0 Å². The number of nitrogens with zero attached hydrogens (tertiary/aromatic N) is 2. The van der Waals surface area contributed by atoms with Gasteiger partial charge >= 0.3 is 0 Å². The number of rotatable bonds is 4. The molecule has 110 valence electrons. The van der Waals surface area contributed by atoms with Crippen LogP contribution in [0.2, 0.25) is 0 Å². The molecule has 2 rings (SSSR count). The summed E-state index contributed by atoms with van der Waals surface area (Å²) in [5.41, 5.74) is 0.615. The average molecular weight is 353 g/mol. The summed E-state index contributed by atoms with van der Waals surface area (Å²) in [4.78, 5) is 17.5. The normalized spacial score (nSPS) is 10.3. The second kappa shape index (κ2) is 6.67. The highest BCUT2D eigenvalue weighted by Gasteiger charge is 2.18. The minimum atomic E-state index is -0.652. The lowest BCUT2D eigenvalue weighted by molar-refractivity contribution is 0.0989. The fourth-order valence-corrected chi connectivity index (χ4v) is 2.14. The van der Waals surface area contributed by atoms with Crippen LogP contribution in [0.4, 0.5) is 10.1 Å². The van der Waals surface area contributed by atoms with Crippen LogP contribution in [0.1, 0.15) is 17.3 Å². The fraction of sp³-hybridized carbons (Fsp3) is 0.200. The average Bonchev–Trinajstić information content (AvgIpc) is 2.49. The summed E-state index contributed by atoms with van der Waals surface area (Å²) in [6.45, 7) is 2.47. The molecule has 0 atom stereocenters. The Balaban J connectivity index is 2.24. The quantitative estimate of drug-likeness (QED) is 0.788. The Morgan fingerprint density at radius 3 is 2.67 bits per heavy atom. The molecule has 0 aliphatic rings. The molecule has 0 saturated carbocycles.